The predicted molar refractivity (Wildman–Crippen MR) is 127 cm³/mol. The highest BCUT2D eigenvalue weighted by Gasteiger charge is 2.20. The zero-order valence-electron chi connectivity index (χ0n) is 18.1. The Labute approximate surface area is 191 Å². The van der Waals surface area contributed by atoms with Crippen molar-refractivity contribution in [2.75, 3.05) is 0 Å². The van der Waals surface area contributed by atoms with Gasteiger partial charge in [0.15, 0.2) is 0 Å². The molecule has 0 aliphatic heterocycles. The summed E-state index contributed by atoms with van der Waals surface area (Å²) in [5, 5.41) is 15.4. The van der Waals surface area contributed by atoms with Crippen molar-refractivity contribution in [2.24, 2.45) is 5.10 Å². The van der Waals surface area contributed by atoms with Gasteiger partial charge in [0, 0.05) is 4.88 Å². The van der Waals surface area contributed by atoms with Gasteiger partial charge in [-0.05, 0) is 68.4 Å². The molecule has 33 heavy (non-hydrogen) atoms. The van der Waals surface area contributed by atoms with Crippen molar-refractivity contribution >= 4 is 27.8 Å². The largest absolute Gasteiger partial charge is 0.493 e. The zero-order chi connectivity index (χ0) is 23.3. The molecular formula is C23H21N5O4S. The van der Waals surface area contributed by atoms with Gasteiger partial charge in [0.1, 0.15) is 16.7 Å². The summed E-state index contributed by atoms with van der Waals surface area (Å²) in [6, 6.07) is 5.22. The standard InChI is InChI=1S/C23H21N5O4S/c1-12-7-8-14(9-13(12)2)28-21(30)16(19(29)26-23(28)32)10-25-27-11-24-20-18(22(27)31)15-5-3-4-6-17(15)33-20/h7-11,30H,3-6H2,1-2H3,(H,26,29,32)/b25-10-. The van der Waals surface area contributed by atoms with Crippen molar-refractivity contribution in [1.29, 1.82) is 0 Å². The minimum Gasteiger partial charge on any atom is -0.493 e. The molecule has 0 unspecified atom stereocenters. The van der Waals surface area contributed by atoms with Gasteiger partial charge in [-0.2, -0.15) is 9.78 Å². The van der Waals surface area contributed by atoms with Crippen LogP contribution in [0, 0.1) is 13.8 Å². The van der Waals surface area contributed by atoms with Crippen LogP contribution < -0.4 is 16.8 Å². The van der Waals surface area contributed by atoms with E-state index >= 15 is 0 Å². The maximum atomic E-state index is 13.1. The van der Waals surface area contributed by atoms with Crippen LogP contribution in [0.1, 0.15) is 40.0 Å². The second-order valence-electron chi connectivity index (χ2n) is 8.13. The molecule has 0 fully saturated rings. The molecule has 3 aromatic heterocycles. The Hall–Kier alpha value is -3.79. The molecule has 0 radical (unpaired) electrons. The van der Waals surface area contributed by atoms with Crippen LogP contribution in [-0.4, -0.2) is 30.5 Å². The number of benzene rings is 1. The highest BCUT2D eigenvalue weighted by Crippen LogP contribution is 2.33. The quantitative estimate of drug-likeness (QED) is 0.452. The molecule has 0 atom stereocenters. The molecule has 3 heterocycles. The maximum absolute atomic E-state index is 13.1. The fourth-order valence-corrected chi connectivity index (χ4v) is 5.32. The molecule has 1 aromatic carbocycles. The third-order valence-corrected chi connectivity index (χ3v) is 7.24. The van der Waals surface area contributed by atoms with Crippen molar-refractivity contribution < 1.29 is 5.11 Å². The van der Waals surface area contributed by atoms with E-state index in [1.54, 1.807) is 12.1 Å². The van der Waals surface area contributed by atoms with E-state index in [1.807, 2.05) is 19.9 Å². The first-order chi connectivity index (χ1) is 15.8. The molecule has 0 spiro atoms. The van der Waals surface area contributed by atoms with Crippen LogP contribution in [0.15, 0.2) is 44.0 Å². The Morgan fingerprint density at radius 1 is 1.15 bits per heavy atom. The molecule has 0 saturated carbocycles. The number of hydrogen-bond acceptors (Lipinski definition) is 7. The third-order valence-electron chi connectivity index (χ3n) is 6.04. The predicted octanol–water partition coefficient (Wildman–Crippen LogP) is 2.38. The fraction of sp³-hybridized carbons (Fsp3) is 0.261. The van der Waals surface area contributed by atoms with Gasteiger partial charge in [0.25, 0.3) is 11.1 Å². The summed E-state index contributed by atoms with van der Waals surface area (Å²) in [6.45, 7) is 3.81. The van der Waals surface area contributed by atoms with Crippen molar-refractivity contribution in [3.8, 4) is 11.6 Å². The monoisotopic (exact) mass is 463 g/mol. The van der Waals surface area contributed by atoms with E-state index in [0.717, 1.165) is 57.8 Å². The lowest BCUT2D eigenvalue weighted by Gasteiger charge is -2.11. The van der Waals surface area contributed by atoms with Crippen LogP contribution in [-0.2, 0) is 12.8 Å². The maximum Gasteiger partial charge on any atom is 0.335 e. The lowest BCUT2D eigenvalue weighted by Crippen LogP contribution is -2.31. The van der Waals surface area contributed by atoms with E-state index in [9.17, 15) is 19.5 Å². The van der Waals surface area contributed by atoms with Crippen LogP contribution in [0.5, 0.6) is 5.88 Å². The Balaban J connectivity index is 1.62. The number of rotatable bonds is 3. The van der Waals surface area contributed by atoms with Gasteiger partial charge in [-0.25, -0.2) is 14.3 Å². The van der Waals surface area contributed by atoms with Crippen LogP contribution in [0.25, 0.3) is 15.9 Å². The summed E-state index contributed by atoms with van der Waals surface area (Å²) < 4.78 is 2.04. The second kappa shape index (κ2) is 7.96. The van der Waals surface area contributed by atoms with Crippen molar-refractivity contribution in [3.05, 3.63) is 82.8 Å². The molecule has 9 nitrogen and oxygen atoms in total. The van der Waals surface area contributed by atoms with Crippen molar-refractivity contribution in [1.82, 2.24) is 19.2 Å². The molecule has 0 amide bonds. The van der Waals surface area contributed by atoms with Gasteiger partial charge < -0.3 is 5.11 Å². The van der Waals surface area contributed by atoms with E-state index < -0.39 is 17.1 Å². The van der Waals surface area contributed by atoms with Crippen LogP contribution in [0.2, 0.25) is 0 Å². The summed E-state index contributed by atoms with van der Waals surface area (Å²) >= 11 is 1.54. The molecule has 4 aromatic rings. The first-order valence-corrected chi connectivity index (χ1v) is 11.4. The zero-order valence-corrected chi connectivity index (χ0v) is 18.9. The number of hydrogen-bond donors (Lipinski definition) is 2. The number of aromatic hydroxyl groups is 1. The van der Waals surface area contributed by atoms with Gasteiger partial charge in [-0.1, -0.05) is 6.07 Å². The molecule has 1 aliphatic rings. The Bertz CT molecular complexity index is 1620. The van der Waals surface area contributed by atoms with Crippen molar-refractivity contribution in [2.45, 2.75) is 39.5 Å². The van der Waals surface area contributed by atoms with E-state index in [4.69, 9.17) is 0 Å². The van der Waals surface area contributed by atoms with E-state index in [1.165, 1.54) is 22.5 Å². The minimum absolute atomic E-state index is 0.243. The number of aromatic nitrogens is 4. The van der Waals surface area contributed by atoms with Crippen LogP contribution in [0.3, 0.4) is 0 Å². The SMILES string of the molecule is Cc1ccc(-n2c(O)c(/C=N\n3cnc4sc5c(c4c3=O)CCCC5)c(=O)[nH]c2=O)cc1C. The minimum atomic E-state index is -0.809. The molecular weight excluding hydrogens is 442 g/mol. The number of fused-ring (bicyclic) bond motifs is 3. The smallest absolute Gasteiger partial charge is 0.335 e. The Morgan fingerprint density at radius 3 is 2.73 bits per heavy atom. The van der Waals surface area contributed by atoms with Gasteiger partial charge in [0.05, 0.1) is 17.3 Å². The van der Waals surface area contributed by atoms with Crippen LogP contribution in [0.4, 0.5) is 0 Å². The molecule has 168 valence electrons. The summed E-state index contributed by atoms with van der Waals surface area (Å²) in [5.41, 5.74) is 1.23. The average molecular weight is 464 g/mol. The number of nitrogens with one attached hydrogen (secondary N) is 1. The summed E-state index contributed by atoms with van der Waals surface area (Å²) in [6.07, 6.45) is 6.28. The molecule has 5 rings (SSSR count). The lowest BCUT2D eigenvalue weighted by atomic mass is 9.97. The molecule has 10 heteroatoms. The highest BCUT2D eigenvalue weighted by atomic mass is 32.1. The van der Waals surface area contributed by atoms with Gasteiger partial charge in [-0.15, -0.1) is 11.3 Å². The number of H-pyrrole nitrogens is 1. The number of aryl methyl sites for hydroxylation is 4. The second-order valence-corrected chi connectivity index (χ2v) is 9.21. The van der Waals surface area contributed by atoms with Gasteiger partial charge >= 0.3 is 5.69 Å². The number of aromatic amines is 1. The van der Waals surface area contributed by atoms with Gasteiger partial charge in [0.2, 0.25) is 5.88 Å². The Morgan fingerprint density at radius 2 is 1.94 bits per heavy atom. The first-order valence-electron chi connectivity index (χ1n) is 10.6. The van der Waals surface area contributed by atoms with E-state index in [-0.39, 0.29) is 11.1 Å². The number of thiophene rings is 1. The molecule has 2 N–H and O–H groups in total. The molecule has 0 saturated heterocycles. The molecule has 0 bridgehead atoms. The lowest BCUT2D eigenvalue weighted by molar-refractivity contribution is 0.430. The topological polar surface area (TPSA) is 122 Å². The molecule has 1 aliphatic carbocycles. The summed E-state index contributed by atoms with van der Waals surface area (Å²) in [7, 11) is 0. The van der Waals surface area contributed by atoms with Crippen molar-refractivity contribution in [3.63, 3.8) is 0 Å². The normalized spacial score (nSPS) is 13.6. The van der Waals surface area contributed by atoms with E-state index in [0.29, 0.717) is 15.9 Å². The number of nitrogens with zero attached hydrogens (tertiary/aromatic N) is 4. The fourth-order valence-electron chi connectivity index (χ4n) is 4.10. The highest BCUT2D eigenvalue weighted by molar-refractivity contribution is 7.18. The average Bonchev–Trinajstić information content (AvgIpc) is 3.16. The summed E-state index contributed by atoms with van der Waals surface area (Å²) in [4.78, 5) is 46.4. The van der Waals surface area contributed by atoms with Gasteiger partial charge in [-0.3, -0.25) is 14.6 Å². The first kappa shape index (κ1) is 21.1. The van der Waals surface area contributed by atoms with Crippen LogP contribution >= 0.6 is 11.3 Å². The third kappa shape index (κ3) is 3.52. The summed E-state index contributed by atoms with van der Waals surface area (Å²) in [5.74, 6) is -0.564. The van der Waals surface area contributed by atoms with E-state index in [2.05, 4.69) is 15.1 Å². The Kier molecular flexibility index (Phi) is 5.09.